The molecule has 8 nitrogen and oxygen atoms in total. The van der Waals surface area contributed by atoms with Gasteiger partial charge in [-0.1, -0.05) is 12.1 Å². The highest BCUT2D eigenvalue weighted by molar-refractivity contribution is 5.68. The van der Waals surface area contributed by atoms with Crippen molar-refractivity contribution in [3.05, 3.63) is 60.3 Å². The summed E-state index contributed by atoms with van der Waals surface area (Å²) in [6.07, 6.45) is 1.85. The van der Waals surface area contributed by atoms with E-state index < -0.39 is 0 Å². The Balaban J connectivity index is 1.62. The summed E-state index contributed by atoms with van der Waals surface area (Å²) in [5.74, 6) is 2.53. The second-order valence-corrected chi connectivity index (χ2v) is 7.46. The molecule has 0 atom stereocenters. The Bertz CT molecular complexity index is 1210. The molecule has 0 amide bonds. The molecule has 0 aliphatic carbocycles. The van der Waals surface area contributed by atoms with Crippen LogP contribution in [0.3, 0.4) is 0 Å². The fourth-order valence-electron chi connectivity index (χ4n) is 3.54. The monoisotopic (exact) mass is 433 g/mol. The maximum atomic E-state index is 5.45. The summed E-state index contributed by atoms with van der Waals surface area (Å²) >= 11 is 0. The van der Waals surface area contributed by atoms with Gasteiger partial charge in [0.2, 0.25) is 5.75 Å². The fourth-order valence-corrected chi connectivity index (χ4v) is 3.54. The van der Waals surface area contributed by atoms with Crippen molar-refractivity contribution in [2.45, 2.75) is 6.54 Å². The van der Waals surface area contributed by atoms with Gasteiger partial charge in [0.15, 0.2) is 17.1 Å². The van der Waals surface area contributed by atoms with Crippen LogP contribution in [0.2, 0.25) is 0 Å². The highest BCUT2D eigenvalue weighted by Gasteiger charge is 2.14. The SMILES string of the molecule is COc1cc(CNc2ccc3ncc(-c4cccc(N(C)C)c4)n3n2)cc(OC)c1OC. The number of aromatic nitrogens is 3. The number of anilines is 2. The smallest absolute Gasteiger partial charge is 0.203 e. The van der Waals surface area contributed by atoms with Crippen molar-refractivity contribution >= 4 is 17.2 Å². The summed E-state index contributed by atoms with van der Waals surface area (Å²) < 4.78 is 18.1. The minimum atomic E-state index is 0.537. The number of ether oxygens (including phenoxy) is 3. The van der Waals surface area contributed by atoms with Crippen LogP contribution < -0.4 is 24.4 Å². The average molecular weight is 434 g/mol. The van der Waals surface area contributed by atoms with Crippen LogP contribution in [-0.2, 0) is 6.54 Å². The molecule has 0 spiro atoms. The van der Waals surface area contributed by atoms with E-state index in [-0.39, 0.29) is 0 Å². The van der Waals surface area contributed by atoms with Crippen molar-refractivity contribution in [1.29, 1.82) is 0 Å². The lowest BCUT2D eigenvalue weighted by Crippen LogP contribution is -2.08. The molecule has 4 rings (SSSR count). The van der Waals surface area contributed by atoms with Crippen molar-refractivity contribution in [3.63, 3.8) is 0 Å². The molecule has 1 N–H and O–H groups in total. The van der Waals surface area contributed by atoms with Crippen LogP contribution in [0.4, 0.5) is 11.5 Å². The van der Waals surface area contributed by atoms with E-state index in [9.17, 15) is 0 Å². The van der Waals surface area contributed by atoms with Crippen molar-refractivity contribution < 1.29 is 14.2 Å². The molecular weight excluding hydrogens is 406 g/mol. The number of benzene rings is 2. The summed E-state index contributed by atoms with van der Waals surface area (Å²) in [5, 5.41) is 8.13. The molecule has 4 aromatic rings. The third kappa shape index (κ3) is 4.12. The van der Waals surface area contributed by atoms with Gasteiger partial charge in [-0.3, -0.25) is 0 Å². The van der Waals surface area contributed by atoms with Crippen LogP contribution in [0.15, 0.2) is 54.7 Å². The lowest BCUT2D eigenvalue weighted by molar-refractivity contribution is 0.324. The molecule has 8 heteroatoms. The zero-order valence-electron chi connectivity index (χ0n) is 18.9. The Morgan fingerprint density at radius 2 is 1.69 bits per heavy atom. The Kier molecular flexibility index (Phi) is 6.02. The molecule has 0 aliphatic rings. The Morgan fingerprint density at radius 1 is 0.938 bits per heavy atom. The molecule has 2 heterocycles. The van der Waals surface area contributed by atoms with Gasteiger partial charge in [-0.05, 0) is 42.0 Å². The van der Waals surface area contributed by atoms with Gasteiger partial charge in [-0.2, -0.15) is 0 Å². The van der Waals surface area contributed by atoms with E-state index in [1.807, 2.05) is 55.1 Å². The predicted octanol–water partition coefficient (Wildman–Crippen LogP) is 4.10. The number of methoxy groups -OCH3 is 3. The van der Waals surface area contributed by atoms with Gasteiger partial charge in [-0.15, -0.1) is 5.10 Å². The molecular formula is C24H27N5O3. The largest absolute Gasteiger partial charge is 0.493 e. The van der Waals surface area contributed by atoms with Gasteiger partial charge in [0.05, 0.1) is 33.2 Å². The zero-order valence-corrected chi connectivity index (χ0v) is 18.9. The number of hydrogen-bond donors (Lipinski definition) is 1. The van der Waals surface area contributed by atoms with Gasteiger partial charge in [0.1, 0.15) is 5.82 Å². The molecule has 0 saturated carbocycles. The number of rotatable bonds is 8. The molecule has 166 valence electrons. The quantitative estimate of drug-likeness (QED) is 0.448. The van der Waals surface area contributed by atoms with Crippen molar-refractivity contribution in [2.75, 3.05) is 45.6 Å². The number of nitrogens with one attached hydrogen (secondary N) is 1. The first-order valence-corrected chi connectivity index (χ1v) is 10.2. The number of nitrogens with zero attached hydrogens (tertiary/aromatic N) is 4. The van der Waals surface area contributed by atoms with Crippen LogP contribution >= 0.6 is 0 Å². The molecule has 0 radical (unpaired) electrons. The first-order chi connectivity index (χ1) is 15.5. The van der Waals surface area contributed by atoms with Gasteiger partial charge < -0.3 is 24.4 Å². The Labute approximate surface area is 187 Å². The molecule has 32 heavy (non-hydrogen) atoms. The first kappa shape index (κ1) is 21.3. The van der Waals surface area contributed by atoms with Crippen LogP contribution in [0, 0.1) is 0 Å². The summed E-state index contributed by atoms with van der Waals surface area (Å²) in [5.41, 5.74) is 4.87. The standard InChI is InChI=1S/C24H27N5O3/c1-28(2)18-8-6-7-17(13-18)19-15-26-23-10-9-22(27-29(19)23)25-14-16-11-20(30-3)24(32-5)21(12-16)31-4/h6-13,15H,14H2,1-5H3,(H,25,27). The fraction of sp³-hybridized carbons (Fsp3) is 0.250. The molecule has 2 aromatic carbocycles. The highest BCUT2D eigenvalue weighted by atomic mass is 16.5. The van der Waals surface area contributed by atoms with Crippen molar-refractivity contribution in [2.24, 2.45) is 0 Å². The van der Waals surface area contributed by atoms with E-state index in [1.165, 1.54) is 0 Å². The minimum Gasteiger partial charge on any atom is -0.493 e. The number of hydrogen-bond acceptors (Lipinski definition) is 7. The molecule has 0 aliphatic heterocycles. The van der Waals surface area contributed by atoms with E-state index in [0.29, 0.717) is 23.8 Å². The summed E-state index contributed by atoms with van der Waals surface area (Å²) in [6.45, 7) is 0.537. The van der Waals surface area contributed by atoms with Gasteiger partial charge in [0.25, 0.3) is 0 Å². The molecule has 2 aromatic heterocycles. The van der Waals surface area contributed by atoms with E-state index in [2.05, 4.69) is 33.4 Å². The van der Waals surface area contributed by atoms with Crippen molar-refractivity contribution in [3.8, 4) is 28.5 Å². The minimum absolute atomic E-state index is 0.537. The molecule has 0 bridgehead atoms. The Hall–Kier alpha value is -3.94. The van der Waals surface area contributed by atoms with Gasteiger partial charge in [-0.25, -0.2) is 9.50 Å². The number of fused-ring (bicyclic) bond motifs is 1. The van der Waals surface area contributed by atoms with E-state index >= 15 is 0 Å². The van der Waals surface area contributed by atoms with E-state index in [1.54, 1.807) is 21.3 Å². The lowest BCUT2D eigenvalue weighted by Gasteiger charge is -2.15. The van der Waals surface area contributed by atoms with Crippen LogP contribution in [-0.4, -0.2) is 50.0 Å². The third-order valence-electron chi connectivity index (χ3n) is 5.22. The van der Waals surface area contributed by atoms with Gasteiger partial charge >= 0.3 is 0 Å². The first-order valence-electron chi connectivity index (χ1n) is 10.2. The third-order valence-corrected chi connectivity index (χ3v) is 5.22. The Morgan fingerprint density at radius 3 is 2.34 bits per heavy atom. The highest BCUT2D eigenvalue weighted by Crippen LogP contribution is 2.38. The molecule has 0 fully saturated rings. The van der Waals surface area contributed by atoms with E-state index in [0.717, 1.165) is 34.0 Å². The van der Waals surface area contributed by atoms with Gasteiger partial charge in [0, 0.05) is 31.9 Å². The predicted molar refractivity (Wildman–Crippen MR) is 126 cm³/mol. The van der Waals surface area contributed by atoms with Crippen LogP contribution in [0.5, 0.6) is 17.2 Å². The molecule has 0 unspecified atom stereocenters. The summed E-state index contributed by atoms with van der Waals surface area (Å²) in [4.78, 5) is 6.58. The second kappa shape index (κ2) is 9.05. The normalized spacial score (nSPS) is 10.8. The topological polar surface area (TPSA) is 73.2 Å². The summed E-state index contributed by atoms with van der Waals surface area (Å²) in [6, 6.07) is 16.0. The van der Waals surface area contributed by atoms with Crippen LogP contribution in [0.1, 0.15) is 5.56 Å². The molecule has 0 saturated heterocycles. The average Bonchev–Trinajstić information content (AvgIpc) is 3.25. The maximum absolute atomic E-state index is 5.45. The zero-order chi connectivity index (χ0) is 22.7. The van der Waals surface area contributed by atoms with Crippen LogP contribution in [0.25, 0.3) is 16.9 Å². The lowest BCUT2D eigenvalue weighted by atomic mass is 10.1. The van der Waals surface area contributed by atoms with E-state index in [4.69, 9.17) is 19.3 Å². The number of imidazole rings is 1. The second-order valence-electron chi connectivity index (χ2n) is 7.46. The van der Waals surface area contributed by atoms with Crippen molar-refractivity contribution in [1.82, 2.24) is 14.6 Å². The maximum Gasteiger partial charge on any atom is 0.203 e. The summed E-state index contributed by atoms with van der Waals surface area (Å²) in [7, 11) is 8.86.